The van der Waals surface area contributed by atoms with Crippen molar-refractivity contribution in [2.45, 2.75) is 65.2 Å². The van der Waals surface area contributed by atoms with Gasteiger partial charge in [-0.05, 0) is 12.8 Å². The van der Waals surface area contributed by atoms with Crippen LogP contribution in [0.5, 0.6) is 0 Å². The Bertz CT molecular complexity index is 216. The van der Waals surface area contributed by atoms with Crippen molar-refractivity contribution in [2.75, 3.05) is 13.2 Å². The molecule has 0 atom stereocenters. The van der Waals surface area contributed by atoms with Crippen LogP contribution in [0.3, 0.4) is 0 Å². The predicted molar refractivity (Wildman–Crippen MR) is 72.1 cm³/mol. The predicted octanol–water partition coefficient (Wildman–Crippen LogP) is 4.44. The zero-order chi connectivity index (χ0) is 14.3. The van der Waals surface area contributed by atoms with Gasteiger partial charge in [-0.15, -0.1) is 0 Å². The third-order valence-electron chi connectivity index (χ3n) is 2.60. The van der Waals surface area contributed by atoms with Gasteiger partial charge in [0.1, 0.15) is 0 Å². The zero-order valence-electron chi connectivity index (χ0n) is 12.1. The third-order valence-corrected chi connectivity index (χ3v) is 2.60. The van der Waals surface area contributed by atoms with Gasteiger partial charge in [-0.3, -0.25) is 0 Å². The van der Waals surface area contributed by atoms with Crippen LogP contribution in [0.1, 0.15) is 65.2 Å². The van der Waals surface area contributed by atoms with E-state index >= 15 is 0 Å². The van der Waals surface area contributed by atoms with Gasteiger partial charge >= 0.3 is 12.3 Å². The molecule has 0 saturated carbocycles. The quantitative estimate of drug-likeness (QED) is 0.335. The first-order chi connectivity index (χ1) is 9.20. The molecule has 0 radical (unpaired) electrons. The third kappa shape index (κ3) is 13.0. The van der Waals surface area contributed by atoms with Crippen molar-refractivity contribution in [1.29, 1.82) is 0 Å². The summed E-state index contributed by atoms with van der Waals surface area (Å²) in [6, 6.07) is 0. The van der Waals surface area contributed by atoms with E-state index in [0.717, 1.165) is 51.4 Å². The molecule has 112 valence electrons. The Hall–Kier alpha value is -1.26. The van der Waals surface area contributed by atoms with Crippen molar-refractivity contribution >= 4 is 12.3 Å². The molecule has 0 N–H and O–H groups in total. The van der Waals surface area contributed by atoms with E-state index in [1.165, 1.54) is 0 Å². The van der Waals surface area contributed by atoms with E-state index in [2.05, 4.69) is 18.6 Å². The van der Waals surface area contributed by atoms with E-state index in [-0.39, 0.29) is 13.2 Å². The summed E-state index contributed by atoms with van der Waals surface area (Å²) in [6.07, 6.45) is 6.09. The summed E-state index contributed by atoms with van der Waals surface area (Å²) in [6.45, 7) is 4.77. The Kier molecular flexibility index (Phi) is 12.3. The normalized spacial score (nSPS) is 10.0. The molecule has 0 heterocycles. The number of carbonyl (C=O) groups excluding carboxylic acids is 2. The Morgan fingerprint density at radius 1 is 0.684 bits per heavy atom. The highest BCUT2D eigenvalue weighted by Gasteiger charge is 2.12. The summed E-state index contributed by atoms with van der Waals surface area (Å²) >= 11 is 0. The highest BCUT2D eigenvalue weighted by Crippen LogP contribution is 2.01. The topological polar surface area (TPSA) is 61.8 Å². The van der Waals surface area contributed by atoms with Crippen molar-refractivity contribution < 1.29 is 23.8 Å². The van der Waals surface area contributed by atoms with Gasteiger partial charge < -0.3 is 14.2 Å². The lowest BCUT2D eigenvalue weighted by Crippen LogP contribution is -2.16. The molecule has 0 aliphatic carbocycles. The fourth-order valence-corrected chi connectivity index (χ4v) is 1.50. The van der Waals surface area contributed by atoms with Crippen molar-refractivity contribution in [2.24, 2.45) is 0 Å². The van der Waals surface area contributed by atoms with Crippen LogP contribution in [0.4, 0.5) is 9.59 Å². The molecule has 0 aromatic heterocycles. The number of carbonyl (C=O) groups is 2. The minimum atomic E-state index is -0.977. The molecule has 0 bridgehead atoms. The van der Waals surface area contributed by atoms with E-state index in [9.17, 15) is 9.59 Å². The monoisotopic (exact) mass is 274 g/mol. The van der Waals surface area contributed by atoms with Crippen LogP contribution in [0.2, 0.25) is 0 Å². The molecule has 0 fully saturated rings. The molecule has 5 nitrogen and oxygen atoms in total. The summed E-state index contributed by atoms with van der Waals surface area (Å²) < 4.78 is 13.8. The summed E-state index contributed by atoms with van der Waals surface area (Å²) in [4.78, 5) is 22.2. The van der Waals surface area contributed by atoms with Gasteiger partial charge in [0.05, 0.1) is 13.2 Å². The highest BCUT2D eigenvalue weighted by atomic mass is 16.8. The van der Waals surface area contributed by atoms with E-state index in [0.29, 0.717) is 0 Å². The Morgan fingerprint density at radius 3 is 1.47 bits per heavy atom. The van der Waals surface area contributed by atoms with Gasteiger partial charge in [0.2, 0.25) is 0 Å². The zero-order valence-corrected chi connectivity index (χ0v) is 12.1. The number of ether oxygens (including phenoxy) is 3. The Balaban J connectivity index is 3.40. The van der Waals surface area contributed by atoms with Crippen LogP contribution in [0.25, 0.3) is 0 Å². The first-order valence-electron chi connectivity index (χ1n) is 7.22. The fraction of sp³-hybridized carbons (Fsp3) is 0.857. The molecule has 0 aliphatic heterocycles. The smallest absolute Gasteiger partial charge is 0.434 e. The summed E-state index contributed by atoms with van der Waals surface area (Å²) in [5.74, 6) is 0. The molecule has 0 amide bonds. The van der Waals surface area contributed by atoms with Crippen LogP contribution in [0.15, 0.2) is 0 Å². The molecule has 0 aromatic rings. The number of rotatable bonds is 10. The second-order valence-corrected chi connectivity index (χ2v) is 4.42. The van der Waals surface area contributed by atoms with E-state index in [1.54, 1.807) is 0 Å². The van der Waals surface area contributed by atoms with Gasteiger partial charge in [0.25, 0.3) is 0 Å². The van der Waals surface area contributed by atoms with Crippen LogP contribution in [-0.4, -0.2) is 25.5 Å². The van der Waals surface area contributed by atoms with E-state index in [4.69, 9.17) is 9.47 Å². The van der Waals surface area contributed by atoms with E-state index in [1.807, 2.05) is 0 Å². The van der Waals surface area contributed by atoms with Crippen LogP contribution >= 0.6 is 0 Å². The Labute approximate surface area is 115 Å². The van der Waals surface area contributed by atoms with Gasteiger partial charge in [-0.1, -0.05) is 52.4 Å². The summed E-state index contributed by atoms with van der Waals surface area (Å²) in [7, 11) is 0. The van der Waals surface area contributed by atoms with Crippen molar-refractivity contribution in [3.63, 3.8) is 0 Å². The maximum atomic E-state index is 11.1. The first kappa shape index (κ1) is 17.7. The molecular weight excluding hydrogens is 248 g/mol. The van der Waals surface area contributed by atoms with Gasteiger partial charge in [-0.2, -0.15) is 0 Å². The molecule has 0 spiro atoms. The van der Waals surface area contributed by atoms with Crippen LogP contribution in [0, 0.1) is 0 Å². The molecule has 0 rings (SSSR count). The summed E-state index contributed by atoms with van der Waals surface area (Å²) in [5, 5.41) is 0. The van der Waals surface area contributed by atoms with Gasteiger partial charge in [0, 0.05) is 0 Å². The number of unbranched alkanes of at least 4 members (excludes halogenated alkanes) is 6. The molecule has 5 heteroatoms. The van der Waals surface area contributed by atoms with Crippen LogP contribution < -0.4 is 0 Å². The SMILES string of the molecule is CCCCCCOC(=O)OC(=O)OCCCCCC. The minimum absolute atomic E-state index is 0.280. The molecular formula is C14H26O5. The van der Waals surface area contributed by atoms with Crippen molar-refractivity contribution in [1.82, 2.24) is 0 Å². The molecule has 0 aliphatic rings. The minimum Gasteiger partial charge on any atom is -0.434 e. The highest BCUT2D eigenvalue weighted by molar-refractivity contribution is 5.76. The van der Waals surface area contributed by atoms with Crippen molar-refractivity contribution in [3.8, 4) is 0 Å². The maximum Gasteiger partial charge on any atom is 0.518 e. The lowest BCUT2D eigenvalue weighted by atomic mass is 10.2. The molecule has 19 heavy (non-hydrogen) atoms. The second kappa shape index (κ2) is 13.2. The fourth-order valence-electron chi connectivity index (χ4n) is 1.50. The van der Waals surface area contributed by atoms with Gasteiger partial charge in [0.15, 0.2) is 0 Å². The summed E-state index contributed by atoms with van der Waals surface area (Å²) in [5.41, 5.74) is 0. The molecule has 0 saturated heterocycles. The van der Waals surface area contributed by atoms with Crippen LogP contribution in [-0.2, 0) is 14.2 Å². The number of hydrogen-bond donors (Lipinski definition) is 0. The number of hydrogen-bond acceptors (Lipinski definition) is 5. The molecule has 0 unspecified atom stereocenters. The maximum absolute atomic E-state index is 11.1. The standard InChI is InChI=1S/C14H26O5/c1-3-5-7-9-11-17-13(15)19-14(16)18-12-10-8-6-4-2/h3-12H2,1-2H3. The lowest BCUT2D eigenvalue weighted by Gasteiger charge is -2.05. The van der Waals surface area contributed by atoms with Crippen molar-refractivity contribution in [3.05, 3.63) is 0 Å². The van der Waals surface area contributed by atoms with Gasteiger partial charge in [-0.25, -0.2) is 9.59 Å². The first-order valence-corrected chi connectivity index (χ1v) is 7.22. The lowest BCUT2D eigenvalue weighted by molar-refractivity contribution is 0.0353. The second-order valence-electron chi connectivity index (χ2n) is 4.42. The molecule has 0 aromatic carbocycles. The largest absolute Gasteiger partial charge is 0.518 e. The average Bonchev–Trinajstić information content (AvgIpc) is 2.38. The average molecular weight is 274 g/mol. The van der Waals surface area contributed by atoms with E-state index < -0.39 is 12.3 Å². The Morgan fingerprint density at radius 2 is 1.11 bits per heavy atom.